The van der Waals surface area contributed by atoms with Crippen LogP contribution in [0.3, 0.4) is 0 Å². The number of carbonyl (C=O) groups excluding carboxylic acids is 1. The van der Waals surface area contributed by atoms with Gasteiger partial charge in [0.1, 0.15) is 11.5 Å². The van der Waals surface area contributed by atoms with E-state index in [-0.39, 0.29) is 5.78 Å². The van der Waals surface area contributed by atoms with Gasteiger partial charge in [-0.3, -0.25) is 4.79 Å². The number of hydrogen-bond donors (Lipinski definition) is 0. The molecule has 0 spiro atoms. The Balaban J connectivity index is 2.56. The van der Waals surface area contributed by atoms with Crippen molar-refractivity contribution in [1.29, 1.82) is 0 Å². The summed E-state index contributed by atoms with van der Waals surface area (Å²) >= 11 is 0. The van der Waals surface area contributed by atoms with Gasteiger partial charge in [0.05, 0.1) is 19.8 Å². The zero-order valence-electron chi connectivity index (χ0n) is 9.71. The number of benzene rings is 1. The third kappa shape index (κ3) is 1.90. The van der Waals surface area contributed by atoms with Crippen molar-refractivity contribution in [2.24, 2.45) is 0 Å². The van der Waals surface area contributed by atoms with Crippen LogP contribution < -0.4 is 9.47 Å². The molecule has 16 heavy (non-hydrogen) atoms. The van der Waals surface area contributed by atoms with Gasteiger partial charge in [0, 0.05) is 12.5 Å². The lowest BCUT2D eigenvalue weighted by Gasteiger charge is -2.12. The van der Waals surface area contributed by atoms with Crippen molar-refractivity contribution in [3.05, 3.63) is 23.3 Å². The molecule has 1 aromatic carbocycles. The molecule has 0 aromatic heterocycles. The first-order valence-electron chi connectivity index (χ1n) is 5.54. The third-order valence-electron chi connectivity index (χ3n) is 2.99. The number of ketones is 1. The Bertz CT molecular complexity index is 410. The van der Waals surface area contributed by atoms with Crippen LogP contribution in [0, 0.1) is 0 Å². The normalized spacial score (nSPS) is 15.2. The molecule has 0 saturated carbocycles. The Morgan fingerprint density at radius 1 is 1.06 bits per heavy atom. The van der Waals surface area contributed by atoms with Gasteiger partial charge in [-0.05, 0) is 30.9 Å². The van der Waals surface area contributed by atoms with Crippen molar-refractivity contribution < 1.29 is 14.3 Å². The molecule has 0 N–H and O–H groups in total. The van der Waals surface area contributed by atoms with Crippen molar-refractivity contribution in [3.63, 3.8) is 0 Å². The average molecular weight is 220 g/mol. The Hall–Kier alpha value is -1.51. The van der Waals surface area contributed by atoms with E-state index >= 15 is 0 Å². The molecule has 0 fully saturated rings. The lowest BCUT2D eigenvalue weighted by atomic mass is 10.0. The molecule has 0 unspecified atom stereocenters. The number of aryl methyl sites for hydroxylation is 1. The van der Waals surface area contributed by atoms with Gasteiger partial charge in [-0.2, -0.15) is 0 Å². The van der Waals surface area contributed by atoms with Crippen LogP contribution in [-0.2, 0) is 6.42 Å². The molecule has 1 aromatic rings. The summed E-state index contributed by atoms with van der Waals surface area (Å²) in [6, 6.07) is 3.73. The topological polar surface area (TPSA) is 35.5 Å². The van der Waals surface area contributed by atoms with E-state index in [0.717, 1.165) is 36.1 Å². The van der Waals surface area contributed by atoms with Crippen LogP contribution >= 0.6 is 0 Å². The van der Waals surface area contributed by atoms with Crippen molar-refractivity contribution in [2.45, 2.75) is 25.7 Å². The van der Waals surface area contributed by atoms with Crippen LogP contribution in [0.25, 0.3) is 0 Å². The van der Waals surface area contributed by atoms with E-state index in [0.29, 0.717) is 12.2 Å². The maximum Gasteiger partial charge on any atom is 0.166 e. The molecule has 0 bridgehead atoms. The zero-order valence-corrected chi connectivity index (χ0v) is 9.71. The highest BCUT2D eigenvalue weighted by Gasteiger charge is 2.21. The minimum Gasteiger partial charge on any atom is -0.497 e. The summed E-state index contributed by atoms with van der Waals surface area (Å²) < 4.78 is 10.5. The second kappa shape index (κ2) is 4.56. The molecule has 3 nitrogen and oxygen atoms in total. The summed E-state index contributed by atoms with van der Waals surface area (Å²) in [5, 5.41) is 0. The molecule has 0 atom stereocenters. The number of carbonyl (C=O) groups is 1. The quantitative estimate of drug-likeness (QED) is 0.719. The van der Waals surface area contributed by atoms with Crippen molar-refractivity contribution >= 4 is 5.78 Å². The predicted octanol–water partition coefficient (Wildman–Crippen LogP) is 2.61. The number of rotatable bonds is 2. The van der Waals surface area contributed by atoms with Gasteiger partial charge in [-0.15, -0.1) is 0 Å². The molecule has 1 aliphatic rings. The fourth-order valence-corrected chi connectivity index (χ4v) is 2.16. The van der Waals surface area contributed by atoms with Crippen LogP contribution in [0.1, 0.15) is 35.2 Å². The number of methoxy groups -OCH3 is 2. The molecule has 86 valence electrons. The zero-order chi connectivity index (χ0) is 11.5. The lowest BCUT2D eigenvalue weighted by Crippen LogP contribution is -2.04. The Labute approximate surface area is 95.4 Å². The number of hydrogen-bond acceptors (Lipinski definition) is 3. The molecule has 0 radical (unpaired) electrons. The van der Waals surface area contributed by atoms with Crippen LogP contribution in [0.15, 0.2) is 12.1 Å². The van der Waals surface area contributed by atoms with Gasteiger partial charge in [0.2, 0.25) is 0 Å². The third-order valence-corrected chi connectivity index (χ3v) is 2.99. The van der Waals surface area contributed by atoms with Crippen molar-refractivity contribution in [2.75, 3.05) is 14.2 Å². The van der Waals surface area contributed by atoms with E-state index in [1.165, 1.54) is 0 Å². The largest absolute Gasteiger partial charge is 0.497 e. The molecule has 0 heterocycles. The van der Waals surface area contributed by atoms with Gasteiger partial charge in [-0.1, -0.05) is 0 Å². The molecule has 1 aliphatic carbocycles. The smallest absolute Gasteiger partial charge is 0.166 e. The number of Topliss-reactive ketones (excluding diaryl/α,β-unsaturated/α-hetero) is 1. The van der Waals surface area contributed by atoms with E-state index in [1.54, 1.807) is 20.3 Å². The van der Waals surface area contributed by atoms with Crippen molar-refractivity contribution in [3.8, 4) is 11.5 Å². The highest BCUT2D eigenvalue weighted by Crippen LogP contribution is 2.33. The molecule has 0 amide bonds. The summed E-state index contributed by atoms with van der Waals surface area (Å²) in [6.45, 7) is 0. The average Bonchev–Trinajstić information content (AvgIpc) is 2.50. The highest BCUT2D eigenvalue weighted by molar-refractivity contribution is 6.00. The fraction of sp³-hybridized carbons (Fsp3) is 0.462. The van der Waals surface area contributed by atoms with E-state index < -0.39 is 0 Å². The van der Waals surface area contributed by atoms with Gasteiger partial charge in [0.15, 0.2) is 5.78 Å². The monoisotopic (exact) mass is 220 g/mol. The maximum atomic E-state index is 12.0. The second-order valence-electron chi connectivity index (χ2n) is 3.99. The first-order chi connectivity index (χ1) is 7.76. The van der Waals surface area contributed by atoms with Gasteiger partial charge >= 0.3 is 0 Å². The minimum absolute atomic E-state index is 0.187. The number of ether oxygens (including phenoxy) is 2. The van der Waals surface area contributed by atoms with E-state index in [4.69, 9.17) is 9.47 Å². The Kier molecular flexibility index (Phi) is 3.13. The summed E-state index contributed by atoms with van der Waals surface area (Å²) in [5.74, 6) is 1.58. The first-order valence-corrected chi connectivity index (χ1v) is 5.54. The molecule has 0 saturated heterocycles. The van der Waals surface area contributed by atoms with Crippen molar-refractivity contribution in [1.82, 2.24) is 0 Å². The summed E-state index contributed by atoms with van der Waals surface area (Å²) in [6.07, 6.45) is 3.55. The van der Waals surface area contributed by atoms with Gasteiger partial charge < -0.3 is 9.47 Å². The molecule has 0 aliphatic heterocycles. The number of fused-ring (bicyclic) bond motifs is 1. The summed E-state index contributed by atoms with van der Waals surface area (Å²) in [4.78, 5) is 12.0. The summed E-state index contributed by atoms with van der Waals surface area (Å²) in [7, 11) is 3.22. The standard InChI is InChI=1S/C13H16O3/c1-15-10-7-9-5-3-4-6-11(14)13(9)12(8-10)16-2/h7-8H,3-6H2,1-2H3. The van der Waals surface area contributed by atoms with Crippen LogP contribution in [-0.4, -0.2) is 20.0 Å². The molecular formula is C13H16O3. The van der Waals surface area contributed by atoms with Crippen LogP contribution in [0.4, 0.5) is 0 Å². The highest BCUT2D eigenvalue weighted by atomic mass is 16.5. The Morgan fingerprint density at radius 2 is 1.81 bits per heavy atom. The molecule has 2 rings (SSSR count). The van der Waals surface area contributed by atoms with Gasteiger partial charge in [0.25, 0.3) is 0 Å². The molecule has 3 heteroatoms. The first kappa shape index (κ1) is 11.0. The van der Waals surface area contributed by atoms with E-state index in [9.17, 15) is 4.79 Å². The van der Waals surface area contributed by atoms with E-state index in [2.05, 4.69) is 0 Å². The fourth-order valence-electron chi connectivity index (χ4n) is 2.16. The summed E-state index contributed by atoms with van der Waals surface area (Å²) in [5.41, 5.74) is 1.81. The lowest BCUT2D eigenvalue weighted by molar-refractivity contribution is 0.0979. The SMILES string of the molecule is COc1cc2c(c(OC)c1)C(=O)CCCC2. The van der Waals surface area contributed by atoms with Crippen LogP contribution in [0.5, 0.6) is 11.5 Å². The maximum absolute atomic E-state index is 12.0. The minimum atomic E-state index is 0.187. The predicted molar refractivity (Wildman–Crippen MR) is 61.4 cm³/mol. The second-order valence-corrected chi connectivity index (χ2v) is 3.99. The Morgan fingerprint density at radius 3 is 2.50 bits per heavy atom. The van der Waals surface area contributed by atoms with Gasteiger partial charge in [-0.25, -0.2) is 0 Å². The molecular weight excluding hydrogens is 204 g/mol. The van der Waals surface area contributed by atoms with Crippen LogP contribution in [0.2, 0.25) is 0 Å². The van der Waals surface area contributed by atoms with E-state index in [1.807, 2.05) is 6.07 Å².